The highest BCUT2D eigenvalue weighted by molar-refractivity contribution is 7.91. The molecule has 0 radical (unpaired) electrons. The molecule has 0 aliphatic rings. The Morgan fingerprint density at radius 3 is 2.62 bits per heavy atom. The maximum Gasteiger partial charge on any atom is 0.154 e. The molecule has 5 nitrogen and oxygen atoms in total. The van der Waals surface area contributed by atoms with E-state index in [1.54, 1.807) is 4.68 Å². The van der Waals surface area contributed by atoms with Gasteiger partial charge < -0.3 is 0 Å². The Hall–Kier alpha value is -1.17. The Morgan fingerprint density at radius 1 is 1.50 bits per heavy atom. The molecular weight excluding hydrogens is 228 g/mol. The van der Waals surface area contributed by atoms with E-state index in [0.29, 0.717) is 6.54 Å². The number of carbonyl (C=O) groups is 1. The lowest BCUT2D eigenvalue weighted by Gasteiger charge is -2.03. The van der Waals surface area contributed by atoms with E-state index < -0.39 is 15.6 Å². The summed E-state index contributed by atoms with van der Waals surface area (Å²) in [5, 5.41) is 4.19. The molecule has 1 heterocycles. The van der Waals surface area contributed by atoms with Gasteiger partial charge in [-0.05, 0) is 19.9 Å². The van der Waals surface area contributed by atoms with Crippen LogP contribution >= 0.6 is 0 Å². The van der Waals surface area contributed by atoms with Gasteiger partial charge in [-0.1, -0.05) is 0 Å². The molecule has 0 saturated heterocycles. The molecule has 0 fully saturated rings. The fourth-order valence-electron chi connectivity index (χ4n) is 1.56. The lowest BCUT2D eigenvalue weighted by Crippen LogP contribution is -2.18. The average Bonchev–Trinajstić information content (AvgIpc) is 2.42. The first-order valence-electron chi connectivity index (χ1n) is 5.04. The van der Waals surface area contributed by atoms with Crippen LogP contribution in [-0.2, 0) is 27.6 Å². The van der Waals surface area contributed by atoms with E-state index >= 15 is 0 Å². The summed E-state index contributed by atoms with van der Waals surface area (Å²) in [5.74, 6) is -0.696. The standard InChI is InChI=1S/C10H16N2O3S/c1-4-12-9(5-8(2)11-12)6-10(13)7-16(3,14)15/h5H,4,6-7H2,1-3H3. The lowest BCUT2D eigenvalue weighted by molar-refractivity contribution is -0.116. The molecule has 0 spiro atoms. The van der Waals surface area contributed by atoms with Crippen LogP contribution in [0.4, 0.5) is 0 Å². The van der Waals surface area contributed by atoms with Crippen molar-refractivity contribution < 1.29 is 13.2 Å². The fourth-order valence-corrected chi connectivity index (χ4v) is 2.25. The molecule has 0 saturated carbocycles. The highest BCUT2D eigenvalue weighted by Crippen LogP contribution is 2.05. The Morgan fingerprint density at radius 2 is 2.12 bits per heavy atom. The van der Waals surface area contributed by atoms with E-state index in [0.717, 1.165) is 17.6 Å². The van der Waals surface area contributed by atoms with E-state index in [1.165, 1.54) is 0 Å². The topological polar surface area (TPSA) is 69.0 Å². The van der Waals surface area contributed by atoms with E-state index in [1.807, 2.05) is 19.9 Å². The first kappa shape index (κ1) is 12.9. The van der Waals surface area contributed by atoms with E-state index in [9.17, 15) is 13.2 Å². The van der Waals surface area contributed by atoms with Gasteiger partial charge in [0.25, 0.3) is 0 Å². The average molecular weight is 244 g/mol. The number of Topliss-reactive ketones (excluding diaryl/α,β-unsaturated/α-hetero) is 1. The van der Waals surface area contributed by atoms with Crippen molar-refractivity contribution >= 4 is 15.6 Å². The fraction of sp³-hybridized carbons (Fsp3) is 0.600. The van der Waals surface area contributed by atoms with Crippen LogP contribution in [0.5, 0.6) is 0 Å². The van der Waals surface area contributed by atoms with Crippen molar-refractivity contribution in [2.24, 2.45) is 0 Å². The Kier molecular flexibility index (Phi) is 3.85. The van der Waals surface area contributed by atoms with E-state index in [2.05, 4.69) is 5.10 Å². The molecule has 0 aliphatic carbocycles. The van der Waals surface area contributed by atoms with Crippen LogP contribution in [0.2, 0.25) is 0 Å². The SMILES string of the molecule is CCn1nc(C)cc1CC(=O)CS(C)(=O)=O. The number of sulfone groups is 1. The first-order valence-corrected chi connectivity index (χ1v) is 7.10. The third-order valence-electron chi connectivity index (χ3n) is 2.09. The highest BCUT2D eigenvalue weighted by Gasteiger charge is 2.14. The molecule has 90 valence electrons. The summed E-state index contributed by atoms with van der Waals surface area (Å²) in [6.45, 7) is 4.45. The van der Waals surface area contributed by atoms with Crippen LogP contribution in [0.1, 0.15) is 18.3 Å². The molecule has 6 heteroatoms. The number of nitrogens with zero attached hydrogens (tertiary/aromatic N) is 2. The summed E-state index contributed by atoms with van der Waals surface area (Å²) in [6.07, 6.45) is 1.19. The predicted molar refractivity (Wildman–Crippen MR) is 61.1 cm³/mol. The van der Waals surface area contributed by atoms with Crippen molar-refractivity contribution in [1.82, 2.24) is 9.78 Å². The molecule has 16 heavy (non-hydrogen) atoms. The zero-order chi connectivity index (χ0) is 12.3. The molecule has 0 aliphatic heterocycles. The van der Waals surface area contributed by atoms with Gasteiger partial charge in [0.05, 0.1) is 5.69 Å². The molecular formula is C10H16N2O3S. The summed E-state index contributed by atoms with van der Waals surface area (Å²) < 4.78 is 23.6. The zero-order valence-electron chi connectivity index (χ0n) is 9.73. The van der Waals surface area contributed by atoms with Gasteiger partial charge in [0, 0.05) is 24.9 Å². The number of hydrogen-bond donors (Lipinski definition) is 0. The Labute approximate surface area is 95.4 Å². The summed E-state index contributed by atoms with van der Waals surface area (Å²) in [5.41, 5.74) is 1.61. The quantitative estimate of drug-likeness (QED) is 0.750. The van der Waals surface area contributed by atoms with Crippen LogP contribution in [-0.4, -0.2) is 36.0 Å². The summed E-state index contributed by atoms with van der Waals surface area (Å²) in [4.78, 5) is 11.5. The van der Waals surface area contributed by atoms with Crippen molar-refractivity contribution in [2.75, 3.05) is 12.0 Å². The maximum absolute atomic E-state index is 11.5. The number of rotatable bonds is 5. The smallest absolute Gasteiger partial charge is 0.154 e. The van der Waals surface area contributed by atoms with Crippen LogP contribution in [0, 0.1) is 6.92 Å². The Bertz CT molecular complexity index is 488. The number of carbonyl (C=O) groups excluding carboxylic acids is 1. The molecule has 1 rings (SSSR count). The molecule has 0 N–H and O–H groups in total. The van der Waals surface area contributed by atoms with Crippen molar-refractivity contribution in [2.45, 2.75) is 26.8 Å². The Balaban J connectivity index is 2.77. The van der Waals surface area contributed by atoms with Crippen molar-refractivity contribution in [1.29, 1.82) is 0 Å². The summed E-state index contributed by atoms with van der Waals surface area (Å²) in [7, 11) is -3.24. The lowest BCUT2D eigenvalue weighted by atomic mass is 10.2. The minimum atomic E-state index is -3.24. The minimum absolute atomic E-state index is 0.127. The first-order chi connectivity index (χ1) is 7.31. The monoisotopic (exact) mass is 244 g/mol. The second-order valence-corrected chi connectivity index (χ2v) is 6.02. The van der Waals surface area contributed by atoms with Gasteiger partial charge in [0.1, 0.15) is 5.75 Å². The predicted octanol–water partition coefficient (Wildman–Crippen LogP) is 0.368. The molecule has 0 bridgehead atoms. The maximum atomic E-state index is 11.5. The largest absolute Gasteiger partial charge is 0.298 e. The van der Waals surface area contributed by atoms with Crippen LogP contribution in [0.3, 0.4) is 0 Å². The van der Waals surface area contributed by atoms with Gasteiger partial charge in [0.15, 0.2) is 15.6 Å². The van der Waals surface area contributed by atoms with Crippen molar-refractivity contribution in [3.63, 3.8) is 0 Å². The number of hydrogen-bond acceptors (Lipinski definition) is 4. The second kappa shape index (κ2) is 4.78. The normalized spacial score (nSPS) is 11.7. The molecule has 0 unspecified atom stereocenters. The minimum Gasteiger partial charge on any atom is -0.298 e. The summed E-state index contributed by atoms with van der Waals surface area (Å²) >= 11 is 0. The molecule has 0 amide bonds. The van der Waals surface area contributed by atoms with Gasteiger partial charge in [-0.2, -0.15) is 5.10 Å². The number of ketones is 1. The van der Waals surface area contributed by atoms with Crippen molar-refractivity contribution in [3.05, 3.63) is 17.5 Å². The van der Waals surface area contributed by atoms with E-state index in [-0.39, 0.29) is 12.2 Å². The van der Waals surface area contributed by atoms with Gasteiger partial charge in [-0.25, -0.2) is 8.42 Å². The third kappa shape index (κ3) is 3.77. The molecule has 1 aromatic heterocycles. The van der Waals surface area contributed by atoms with Crippen LogP contribution in [0.25, 0.3) is 0 Å². The molecule has 1 aromatic rings. The second-order valence-electron chi connectivity index (χ2n) is 3.88. The van der Waals surface area contributed by atoms with E-state index in [4.69, 9.17) is 0 Å². The summed E-state index contributed by atoms with van der Waals surface area (Å²) in [6, 6.07) is 1.81. The van der Waals surface area contributed by atoms with Gasteiger partial charge in [0.2, 0.25) is 0 Å². The van der Waals surface area contributed by atoms with Gasteiger partial charge in [-0.15, -0.1) is 0 Å². The number of aromatic nitrogens is 2. The van der Waals surface area contributed by atoms with Crippen LogP contribution in [0.15, 0.2) is 6.07 Å². The van der Waals surface area contributed by atoms with Gasteiger partial charge in [-0.3, -0.25) is 9.48 Å². The van der Waals surface area contributed by atoms with Crippen molar-refractivity contribution in [3.8, 4) is 0 Å². The molecule has 0 aromatic carbocycles. The molecule has 0 atom stereocenters. The highest BCUT2D eigenvalue weighted by atomic mass is 32.2. The zero-order valence-corrected chi connectivity index (χ0v) is 10.5. The van der Waals surface area contributed by atoms with Crippen LogP contribution < -0.4 is 0 Å². The van der Waals surface area contributed by atoms with Gasteiger partial charge >= 0.3 is 0 Å². The third-order valence-corrected chi connectivity index (χ3v) is 2.93. The number of aryl methyl sites for hydroxylation is 2.